The highest BCUT2D eigenvalue weighted by molar-refractivity contribution is 6.02. The summed E-state index contributed by atoms with van der Waals surface area (Å²) in [5, 5.41) is 2.56. The molecule has 0 aromatic heterocycles. The third kappa shape index (κ3) is 3.48. The van der Waals surface area contributed by atoms with Gasteiger partial charge in [0, 0.05) is 46.1 Å². The van der Waals surface area contributed by atoms with E-state index < -0.39 is 11.8 Å². The number of rotatable bonds is 1. The molecule has 0 bridgehead atoms. The van der Waals surface area contributed by atoms with Gasteiger partial charge in [-0.3, -0.25) is 14.4 Å². The van der Waals surface area contributed by atoms with Crippen molar-refractivity contribution in [3.05, 3.63) is 0 Å². The lowest BCUT2D eigenvalue weighted by atomic mass is 10.1. The van der Waals surface area contributed by atoms with Crippen molar-refractivity contribution in [1.29, 1.82) is 0 Å². The fourth-order valence-corrected chi connectivity index (χ4v) is 1.66. The lowest BCUT2D eigenvalue weighted by Crippen LogP contribution is -2.32. The van der Waals surface area contributed by atoms with Gasteiger partial charge in [0.2, 0.25) is 5.91 Å². The Kier molecular flexibility index (Phi) is 4.72. The van der Waals surface area contributed by atoms with Gasteiger partial charge in [0.05, 0.1) is 5.92 Å². The fraction of sp³-hybridized carbons (Fsp3) is 0.583. The number of hydrogen-bond acceptors (Lipinski definition) is 3. The van der Waals surface area contributed by atoms with Gasteiger partial charge in [-0.2, -0.15) is 0 Å². The maximum Gasteiger partial charge on any atom is 0.299 e. The minimum atomic E-state index is -0.412. The molecule has 1 atom stereocenters. The zero-order valence-electron chi connectivity index (χ0n) is 10.8. The van der Waals surface area contributed by atoms with Crippen LogP contribution in [0.15, 0.2) is 0 Å². The predicted molar refractivity (Wildman–Crippen MR) is 65.2 cm³/mol. The fourth-order valence-electron chi connectivity index (χ4n) is 1.66. The summed E-state index contributed by atoms with van der Waals surface area (Å²) in [6.07, 6.45) is 0.634. The predicted octanol–water partition coefficient (Wildman–Crippen LogP) is -1.33. The molecule has 0 aliphatic carbocycles. The minimum Gasteiger partial charge on any atom is -0.359 e. The van der Waals surface area contributed by atoms with E-state index in [1.807, 2.05) is 0 Å². The van der Waals surface area contributed by atoms with Crippen molar-refractivity contribution in [2.24, 2.45) is 5.92 Å². The summed E-state index contributed by atoms with van der Waals surface area (Å²) in [4.78, 5) is 37.1. The number of carbonyl (C=O) groups is 3. The second-order valence-corrected chi connectivity index (χ2v) is 4.30. The van der Waals surface area contributed by atoms with Crippen LogP contribution in [0, 0.1) is 17.8 Å². The molecule has 3 amide bonds. The van der Waals surface area contributed by atoms with Gasteiger partial charge in [-0.05, 0) is 6.42 Å². The SMILES string of the molecule is CNC(=O)[C@H]1CCN(C(=O)C#CC(=O)N(C)C)C1. The number of likely N-dealkylation sites (tertiary alicyclic amines) is 1. The van der Waals surface area contributed by atoms with Gasteiger partial charge in [0.1, 0.15) is 0 Å². The number of carbonyl (C=O) groups excluding carboxylic acids is 3. The van der Waals surface area contributed by atoms with Crippen molar-refractivity contribution >= 4 is 17.7 Å². The molecule has 6 heteroatoms. The molecule has 0 radical (unpaired) electrons. The summed E-state index contributed by atoms with van der Waals surface area (Å²) in [6.45, 7) is 0.866. The molecule has 6 nitrogen and oxygen atoms in total. The average Bonchev–Trinajstić information content (AvgIpc) is 2.83. The summed E-state index contributed by atoms with van der Waals surface area (Å²) < 4.78 is 0. The van der Waals surface area contributed by atoms with Crippen molar-refractivity contribution in [2.75, 3.05) is 34.2 Å². The molecule has 1 aliphatic heterocycles. The standard InChI is InChI=1S/C12H17N3O3/c1-13-12(18)9-6-7-15(8-9)11(17)5-4-10(16)14(2)3/h9H,6-8H2,1-3H3,(H,13,18)/t9-/m0/s1. The molecule has 98 valence electrons. The highest BCUT2D eigenvalue weighted by atomic mass is 16.2. The topological polar surface area (TPSA) is 69.7 Å². The Bertz CT molecular complexity index is 420. The zero-order chi connectivity index (χ0) is 13.7. The van der Waals surface area contributed by atoms with Crippen molar-refractivity contribution < 1.29 is 14.4 Å². The Morgan fingerprint density at radius 1 is 1.28 bits per heavy atom. The number of nitrogens with zero attached hydrogens (tertiary/aromatic N) is 2. The average molecular weight is 251 g/mol. The number of nitrogens with one attached hydrogen (secondary N) is 1. The Morgan fingerprint density at radius 2 is 1.94 bits per heavy atom. The molecule has 1 heterocycles. The van der Waals surface area contributed by atoms with E-state index in [4.69, 9.17) is 0 Å². The second kappa shape index (κ2) is 6.05. The van der Waals surface area contributed by atoms with Crippen molar-refractivity contribution in [2.45, 2.75) is 6.42 Å². The van der Waals surface area contributed by atoms with Gasteiger partial charge in [0.15, 0.2) is 0 Å². The molecule has 0 aromatic rings. The van der Waals surface area contributed by atoms with E-state index in [0.717, 1.165) is 0 Å². The first-order valence-corrected chi connectivity index (χ1v) is 5.69. The number of hydrogen-bond donors (Lipinski definition) is 1. The van der Waals surface area contributed by atoms with E-state index in [0.29, 0.717) is 19.5 Å². The normalized spacial score (nSPS) is 17.7. The quantitative estimate of drug-likeness (QED) is 0.587. The molecule has 18 heavy (non-hydrogen) atoms. The van der Waals surface area contributed by atoms with Gasteiger partial charge < -0.3 is 15.1 Å². The lowest BCUT2D eigenvalue weighted by molar-refractivity contribution is -0.126. The van der Waals surface area contributed by atoms with E-state index in [1.54, 1.807) is 21.1 Å². The maximum atomic E-state index is 11.7. The van der Waals surface area contributed by atoms with Gasteiger partial charge in [-0.25, -0.2) is 0 Å². The van der Waals surface area contributed by atoms with E-state index in [9.17, 15) is 14.4 Å². The first-order chi connectivity index (χ1) is 8.45. The van der Waals surface area contributed by atoms with Crippen LogP contribution in [-0.4, -0.2) is 61.8 Å². The first-order valence-electron chi connectivity index (χ1n) is 5.69. The first kappa shape index (κ1) is 14.0. The molecule has 0 unspecified atom stereocenters. The Hall–Kier alpha value is -2.03. The van der Waals surface area contributed by atoms with E-state index >= 15 is 0 Å². The van der Waals surface area contributed by atoms with Crippen LogP contribution in [0.4, 0.5) is 0 Å². The van der Waals surface area contributed by atoms with Crippen LogP contribution < -0.4 is 5.32 Å². The van der Waals surface area contributed by atoms with Crippen LogP contribution in [0.5, 0.6) is 0 Å². The van der Waals surface area contributed by atoms with E-state index in [1.165, 1.54) is 9.80 Å². The van der Waals surface area contributed by atoms with Gasteiger partial charge >= 0.3 is 0 Å². The lowest BCUT2D eigenvalue weighted by Gasteiger charge is -2.12. The molecule has 1 aliphatic rings. The van der Waals surface area contributed by atoms with E-state index in [2.05, 4.69) is 17.2 Å². The Morgan fingerprint density at radius 3 is 2.50 bits per heavy atom. The highest BCUT2D eigenvalue weighted by Gasteiger charge is 2.29. The summed E-state index contributed by atoms with van der Waals surface area (Å²) in [5.41, 5.74) is 0. The summed E-state index contributed by atoms with van der Waals surface area (Å²) in [5.74, 6) is 3.50. The van der Waals surface area contributed by atoms with Crippen LogP contribution in [-0.2, 0) is 14.4 Å². The largest absolute Gasteiger partial charge is 0.359 e. The van der Waals surface area contributed by atoms with Gasteiger partial charge in [0.25, 0.3) is 11.8 Å². The highest BCUT2D eigenvalue weighted by Crippen LogP contribution is 2.15. The Balaban J connectivity index is 2.55. The minimum absolute atomic E-state index is 0.0670. The molecule has 1 fully saturated rings. The second-order valence-electron chi connectivity index (χ2n) is 4.30. The maximum absolute atomic E-state index is 11.7. The molecule has 0 aromatic carbocycles. The molecular weight excluding hydrogens is 234 g/mol. The smallest absolute Gasteiger partial charge is 0.299 e. The number of amides is 3. The molecule has 1 saturated heterocycles. The van der Waals surface area contributed by atoms with Crippen LogP contribution >= 0.6 is 0 Å². The van der Waals surface area contributed by atoms with E-state index in [-0.39, 0.29) is 11.8 Å². The van der Waals surface area contributed by atoms with Crippen LogP contribution in [0.25, 0.3) is 0 Å². The molecular formula is C12H17N3O3. The van der Waals surface area contributed by atoms with Gasteiger partial charge in [-0.1, -0.05) is 0 Å². The molecule has 0 saturated carbocycles. The van der Waals surface area contributed by atoms with Crippen LogP contribution in [0.1, 0.15) is 6.42 Å². The monoisotopic (exact) mass is 251 g/mol. The Labute approximate surface area is 106 Å². The van der Waals surface area contributed by atoms with Crippen molar-refractivity contribution in [3.63, 3.8) is 0 Å². The van der Waals surface area contributed by atoms with Crippen molar-refractivity contribution in [3.8, 4) is 11.8 Å². The summed E-state index contributed by atoms with van der Waals surface area (Å²) >= 11 is 0. The van der Waals surface area contributed by atoms with Crippen LogP contribution in [0.3, 0.4) is 0 Å². The van der Waals surface area contributed by atoms with Crippen LogP contribution in [0.2, 0.25) is 0 Å². The zero-order valence-corrected chi connectivity index (χ0v) is 10.8. The summed E-state index contributed by atoms with van der Waals surface area (Å²) in [7, 11) is 4.71. The molecule has 0 spiro atoms. The third-order valence-corrected chi connectivity index (χ3v) is 2.78. The molecule has 1 rings (SSSR count). The third-order valence-electron chi connectivity index (χ3n) is 2.78. The summed E-state index contributed by atoms with van der Waals surface area (Å²) in [6, 6.07) is 0. The van der Waals surface area contributed by atoms with Gasteiger partial charge in [-0.15, -0.1) is 0 Å². The molecule has 1 N–H and O–H groups in total. The van der Waals surface area contributed by atoms with Crippen molar-refractivity contribution in [1.82, 2.24) is 15.1 Å².